The summed E-state index contributed by atoms with van der Waals surface area (Å²) in [6.07, 6.45) is 0.341. The third kappa shape index (κ3) is 6.79. The molecule has 8 nitrogen and oxygen atoms in total. The highest BCUT2D eigenvalue weighted by Crippen LogP contribution is 2.30. The molecule has 9 heteroatoms. The Hall–Kier alpha value is -2.48. The molecule has 0 radical (unpaired) electrons. The van der Waals surface area contributed by atoms with Crippen molar-refractivity contribution in [2.45, 2.75) is 33.2 Å². The molecule has 1 aromatic carbocycles. The van der Waals surface area contributed by atoms with E-state index in [0.717, 1.165) is 5.56 Å². The molecule has 144 valence electrons. The van der Waals surface area contributed by atoms with Crippen molar-refractivity contribution < 1.29 is 23.9 Å². The van der Waals surface area contributed by atoms with Gasteiger partial charge in [0.05, 0.1) is 12.8 Å². The van der Waals surface area contributed by atoms with Gasteiger partial charge in [-0.05, 0) is 30.9 Å². The van der Waals surface area contributed by atoms with Crippen molar-refractivity contribution in [1.82, 2.24) is 5.32 Å². The number of halogens is 1. The largest absolute Gasteiger partial charge is 0.495 e. The Morgan fingerprint density at radius 3 is 2.46 bits per heavy atom. The highest BCUT2D eigenvalue weighted by molar-refractivity contribution is 6.31. The number of primary amides is 1. The fraction of sp³-hybridized carbons (Fsp3) is 0.471. The Bertz CT molecular complexity index is 679. The topological polar surface area (TPSA) is 120 Å². The standard InChI is InChI=1S/C17H24ClN3O5/c1-9(2)5-13(21-17(19)24)16(23)26-8-15(22)20-12-6-10(3)11(18)7-14(12)25-4/h6-7,9,13H,5,8H2,1-4H3,(H,20,22)(H3,19,21,24)/t13-/m1/s1. The Balaban J connectivity index is 2.69. The third-order valence-electron chi connectivity index (χ3n) is 3.41. The molecule has 0 fully saturated rings. The van der Waals surface area contributed by atoms with E-state index >= 15 is 0 Å². The van der Waals surface area contributed by atoms with Crippen LogP contribution in [-0.4, -0.2) is 37.7 Å². The van der Waals surface area contributed by atoms with Gasteiger partial charge in [0.25, 0.3) is 5.91 Å². The summed E-state index contributed by atoms with van der Waals surface area (Å²) < 4.78 is 10.1. The van der Waals surface area contributed by atoms with Crippen LogP contribution in [0.2, 0.25) is 5.02 Å². The third-order valence-corrected chi connectivity index (χ3v) is 3.82. The smallest absolute Gasteiger partial charge is 0.329 e. The van der Waals surface area contributed by atoms with E-state index in [9.17, 15) is 14.4 Å². The number of anilines is 1. The molecule has 1 aromatic rings. The van der Waals surface area contributed by atoms with Gasteiger partial charge in [-0.15, -0.1) is 0 Å². The first kappa shape index (κ1) is 21.6. The van der Waals surface area contributed by atoms with E-state index in [1.54, 1.807) is 19.1 Å². The number of carbonyl (C=O) groups is 3. The maximum Gasteiger partial charge on any atom is 0.329 e. The summed E-state index contributed by atoms with van der Waals surface area (Å²) in [5, 5.41) is 5.41. The number of hydrogen-bond acceptors (Lipinski definition) is 5. The van der Waals surface area contributed by atoms with E-state index in [-0.39, 0.29) is 5.92 Å². The van der Waals surface area contributed by atoms with Crippen LogP contribution >= 0.6 is 11.6 Å². The molecule has 1 rings (SSSR count). The molecule has 0 aliphatic rings. The zero-order chi connectivity index (χ0) is 19.9. The fourth-order valence-corrected chi connectivity index (χ4v) is 2.36. The minimum atomic E-state index is -0.910. The van der Waals surface area contributed by atoms with Gasteiger partial charge in [-0.1, -0.05) is 25.4 Å². The predicted octanol–water partition coefficient (Wildman–Crippen LogP) is 2.22. The number of amides is 3. The highest BCUT2D eigenvalue weighted by atomic mass is 35.5. The number of benzene rings is 1. The summed E-state index contributed by atoms with van der Waals surface area (Å²) in [4.78, 5) is 35.1. The van der Waals surface area contributed by atoms with Crippen LogP contribution in [0.1, 0.15) is 25.8 Å². The average molecular weight is 386 g/mol. The van der Waals surface area contributed by atoms with E-state index in [0.29, 0.717) is 22.9 Å². The monoisotopic (exact) mass is 385 g/mol. The quantitative estimate of drug-likeness (QED) is 0.592. The minimum Gasteiger partial charge on any atom is -0.495 e. The van der Waals surface area contributed by atoms with Gasteiger partial charge in [0.2, 0.25) is 0 Å². The van der Waals surface area contributed by atoms with E-state index in [2.05, 4.69) is 10.6 Å². The van der Waals surface area contributed by atoms with Crippen LogP contribution in [0, 0.1) is 12.8 Å². The van der Waals surface area contributed by atoms with Crippen LogP contribution in [0.15, 0.2) is 12.1 Å². The molecule has 1 atom stereocenters. The molecule has 0 aliphatic carbocycles. The molecular weight excluding hydrogens is 362 g/mol. The van der Waals surface area contributed by atoms with E-state index in [4.69, 9.17) is 26.8 Å². The minimum absolute atomic E-state index is 0.120. The summed E-state index contributed by atoms with van der Waals surface area (Å²) in [5.41, 5.74) is 6.22. The van der Waals surface area contributed by atoms with Gasteiger partial charge in [0, 0.05) is 11.1 Å². The lowest BCUT2D eigenvalue weighted by atomic mass is 10.0. The average Bonchev–Trinajstić information content (AvgIpc) is 2.54. The van der Waals surface area contributed by atoms with Crippen LogP contribution in [0.4, 0.5) is 10.5 Å². The predicted molar refractivity (Wildman–Crippen MR) is 98.3 cm³/mol. The van der Waals surface area contributed by atoms with Gasteiger partial charge >= 0.3 is 12.0 Å². The van der Waals surface area contributed by atoms with Crippen molar-refractivity contribution in [3.63, 3.8) is 0 Å². The summed E-state index contributed by atoms with van der Waals surface area (Å²) in [6.45, 7) is 5.03. The number of urea groups is 1. The second-order valence-corrected chi connectivity index (χ2v) is 6.56. The number of carbonyl (C=O) groups excluding carboxylic acids is 3. The Labute approximate surface area is 157 Å². The first-order chi connectivity index (χ1) is 12.1. The van der Waals surface area contributed by atoms with Crippen molar-refractivity contribution in [1.29, 1.82) is 0 Å². The molecule has 0 bridgehead atoms. The summed E-state index contributed by atoms with van der Waals surface area (Å²) in [5.74, 6) is -0.782. The van der Waals surface area contributed by atoms with E-state index in [1.807, 2.05) is 13.8 Å². The number of nitrogens with two attached hydrogens (primary N) is 1. The molecule has 0 heterocycles. The van der Waals surface area contributed by atoms with Gasteiger partial charge in [-0.25, -0.2) is 9.59 Å². The molecule has 3 amide bonds. The van der Waals surface area contributed by atoms with Gasteiger partial charge in [0.15, 0.2) is 6.61 Å². The number of rotatable bonds is 8. The molecule has 0 spiro atoms. The normalized spacial score (nSPS) is 11.6. The van der Waals surface area contributed by atoms with Crippen LogP contribution in [0.5, 0.6) is 5.75 Å². The lowest BCUT2D eigenvalue weighted by Crippen LogP contribution is -2.45. The van der Waals surface area contributed by atoms with Crippen LogP contribution in [0.3, 0.4) is 0 Å². The van der Waals surface area contributed by atoms with Gasteiger partial charge in [-0.3, -0.25) is 4.79 Å². The lowest BCUT2D eigenvalue weighted by Gasteiger charge is -2.18. The summed E-state index contributed by atoms with van der Waals surface area (Å²) in [7, 11) is 1.45. The van der Waals surface area contributed by atoms with Crippen molar-refractivity contribution in [2.75, 3.05) is 19.0 Å². The van der Waals surface area contributed by atoms with Crippen LogP contribution in [0.25, 0.3) is 0 Å². The first-order valence-corrected chi connectivity index (χ1v) is 8.38. The second kappa shape index (κ2) is 9.86. The molecule has 0 saturated heterocycles. The van der Waals surface area contributed by atoms with Gasteiger partial charge in [-0.2, -0.15) is 0 Å². The van der Waals surface area contributed by atoms with Gasteiger partial charge in [0.1, 0.15) is 11.8 Å². The van der Waals surface area contributed by atoms with Crippen molar-refractivity contribution in [2.24, 2.45) is 11.7 Å². The Kier molecular flexibility index (Phi) is 8.18. The number of methoxy groups -OCH3 is 1. The molecular formula is C17H24ClN3O5. The van der Waals surface area contributed by atoms with E-state index in [1.165, 1.54) is 7.11 Å². The molecule has 0 unspecified atom stereocenters. The summed E-state index contributed by atoms with van der Waals surface area (Å²) in [6, 6.07) is 1.48. The SMILES string of the molecule is COc1cc(Cl)c(C)cc1NC(=O)COC(=O)[C@@H](CC(C)C)NC(N)=O. The van der Waals surface area contributed by atoms with Gasteiger partial charge < -0.3 is 25.8 Å². The zero-order valence-corrected chi connectivity index (χ0v) is 16.0. The zero-order valence-electron chi connectivity index (χ0n) is 15.2. The molecule has 4 N–H and O–H groups in total. The highest BCUT2D eigenvalue weighted by Gasteiger charge is 2.23. The molecule has 0 saturated carbocycles. The molecule has 26 heavy (non-hydrogen) atoms. The van der Waals surface area contributed by atoms with E-state index < -0.39 is 30.6 Å². The maximum atomic E-state index is 12.1. The number of ether oxygens (including phenoxy) is 2. The lowest BCUT2D eigenvalue weighted by molar-refractivity contribution is -0.149. The maximum absolute atomic E-state index is 12.1. The Morgan fingerprint density at radius 1 is 1.27 bits per heavy atom. The number of esters is 1. The first-order valence-electron chi connectivity index (χ1n) is 8.00. The number of nitrogens with one attached hydrogen (secondary N) is 2. The molecule has 0 aromatic heterocycles. The molecule has 0 aliphatic heterocycles. The van der Waals surface area contributed by atoms with Crippen LogP contribution < -0.4 is 21.1 Å². The second-order valence-electron chi connectivity index (χ2n) is 6.15. The summed E-state index contributed by atoms with van der Waals surface area (Å²) >= 11 is 6.01. The fourth-order valence-electron chi connectivity index (χ4n) is 2.21. The number of hydrogen-bond donors (Lipinski definition) is 3. The van der Waals surface area contributed by atoms with Crippen LogP contribution in [-0.2, 0) is 14.3 Å². The number of aryl methyl sites for hydroxylation is 1. The van der Waals surface area contributed by atoms with Crippen molar-refractivity contribution in [3.8, 4) is 5.75 Å². The van der Waals surface area contributed by atoms with Crippen molar-refractivity contribution >= 4 is 35.2 Å². The van der Waals surface area contributed by atoms with Crippen molar-refractivity contribution in [3.05, 3.63) is 22.7 Å². The Morgan fingerprint density at radius 2 is 1.92 bits per heavy atom.